The summed E-state index contributed by atoms with van der Waals surface area (Å²) in [5.74, 6) is 0.0481. The maximum atomic E-state index is 14.7. The fraction of sp³-hybridized carbons (Fsp3) is 0.381. The molecule has 1 amide bonds. The number of halogens is 1. The first-order chi connectivity index (χ1) is 12.7. The summed E-state index contributed by atoms with van der Waals surface area (Å²) in [6, 6.07) is 10.6. The van der Waals surface area contributed by atoms with Crippen LogP contribution in [0.15, 0.2) is 36.4 Å². The topological polar surface area (TPSA) is 50.4 Å². The average molecular weight is 354 g/mol. The van der Waals surface area contributed by atoms with E-state index in [1.165, 1.54) is 12.8 Å². The number of fused-ring (bicyclic) bond motifs is 1. The minimum absolute atomic E-state index is 0.234. The predicted octanol–water partition coefficient (Wildman–Crippen LogP) is 4.05. The summed E-state index contributed by atoms with van der Waals surface area (Å²) in [7, 11) is 0. The van der Waals surface area contributed by atoms with Gasteiger partial charge < -0.3 is 15.4 Å². The van der Waals surface area contributed by atoms with Crippen LogP contribution < -0.4 is 15.4 Å². The van der Waals surface area contributed by atoms with Gasteiger partial charge in [-0.25, -0.2) is 4.39 Å². The van der Waals surface area contributed by atoms with Crippen molar-refractivity contribution < 1.29 is 13.9 Å². The van der Waals surface area contributed by atoms with Crippen LogP contribution >= 0.6 is 0 Å². The Hall–Kier alpha value is -2.40. The zero-order valence-electron chi connectivity index (χ0n) is 14.7. The number of carbonyl (C=O) groups is 1. The maximum absolute atomic E-state index is 14.7. The van der Waals surface area contributed by atoms with Crippen molar-refractivity contribution in [2.45, 2.75) is 44.8 Å². The molecule has 4 rings (SSSR count). The number of anilines is 1. The molecule has 2 aliphatic rings. The summed E-state index contributed by atoms with van der Waals surface area (Å²) in [5, 5.41) is 5.93. The van der Waals surface area contributed by atoms with E-state index in [9.17, 15) is 9.18 Å². The number of rotatable bonds is 4. The Morgan fingerprint density at radius 3 is 2.88 bits per heavy atom. The molecule has 2 N–H and O–H groups in total. The molecular weight excluding hydrogens is 331 g/mol. The molecule has 0 bridgehead atoms. The van der Waals surface area contributed by atoms with Gasteiger partial charge in [-0.3, -0.25) is 4.79 Å². The van der Waals surface area contributed by atoms with Gasteiger partial charge in [0.25, 0.3) is 5.91 Å². The highest BCUT2D eigenvalue weighted by Crippen LogP contribution is 2.27. The number of nitrogens with one attached hydrogen (secondary N) is 2. The molecule has 0 atom stereocenters. The number of carbonyl (C=O) groups excluding carboxylic acids is 1. The van der Waals surface area contributed by atoms with Gasteiger partial charge in [0.15, 0.2) is 0 Å². The lowest BCUT2D eigenvalue weighted by Gasteiger charge is -2.19. The molecule has 1 fully saturated rings. The van der Waals surface area contributed by atoms with Crippen LogP contribution in [0, 0.1) is 5.82 Å². The first-order valence-corrected chi connectivity index (χ1v) is 9.30. The Morgan fingerprint density at radius 1 is 1.19 bits per heavy atom. The normalized spacial score (nSPS) is 17.0. The molecular formula is C21H23FN2O2. The van der Waals surface area contributed by atoms with E-state index in [1.54, 1.807) is 24.3 Å². The van der Waals surface area contributed by atoms with Crippen LogP contribution in [-0.4, -0.2) is 18.6 Å². The molecule has 5 heteroatoms. The second-order valence-electron chi connectivity index (χ2n) is 7.00. The molecule has 2 aromatic carbocycles. The molecule has 1 aliphatic carbocycles. The summed E-state index contributed by atoms with van der Waals surface area (Å²) in [4.78, 5) is 12.6. The van der Waals surface area contributed by atoms with Gasteiger partial charge in [-0.15, -0.1) is 0 Å². The molecule has 0 radical (unpaired) electrons. The minimum atomic E-state index is -0.324. The summed E-state index contributed by atoms with van der Waals surface area (Å²) in [5.41, 5.74) is 2.36. The van der Waals surface area contributed by atoms with Gasteiger partial charge in [0, 0.05) is 12.1 Å². The fourth-order valence-electron chi connectivity index (χ4n) is 3.73. The van der Waals surface area contributed by atoms with Crippen LogP contribution in [-0.2, 0) is 13.0 Å². The number of ether oxygens (including phenoxy) is 1. The summed E-state index contributed by atoms with van der Waals surface area (Å²) in [6.45, 7) is 1.42. The van der Waals surface area contributed by atoms with Crippen LogP contribution in [0.3, 0.4) is 0 Å². The van der Waals surface area contributed by atoms with E-state index in [2.05, 4.69) is 10.6 Å². The molecule has 0 unspecified atom stereocenters. The highest BCUT2D eigenvalue weighted by Gasteiger charge is 2.19. The van der Waals surface area contributed by atoms with Crippen molar-refractivity contribution >= 4 is 11.6 Å². The predicted molar refractivity (Wildman–Crippen MR) is 99.1 cm³/mol. The average Bonchev–Trinajstić information content (AvgIpc) is 3.17. The summed E-state index contributed by atoms with van der Waals surface area (Å²) < 4.78 is 20.7. The van der Waals surface area contributed by atoms with Gasteiger partial charge in [-0.2, -0.15) is 0 Å². The monoisotopic (exact) mass is 354 g/mol. The largest absolute Gasteiger partial charge is 0.490 e. The number of hydrogen-bond acceptors (Lipinski definition) is 3. The third-order valence-electron chi connectivity index (χ3n) is 5.16. The highest BCUT2D eigenvalue weighted by atomic mass is 19.1. The molecule has 1 aliphatic heterocycles. The van der Waals surface area contributed by atoms with Gasteiger partial charge in [0.05, 0.1) is 11.8 Å². The van der Waals surface area contributed by atoms with Gasteiger partial charge in [-0.05, 0) is 74.0 Å². The first-order valence-electron chi connectivity index (χ1n) is 9.30. The molecule has 2 aromatic rings. The van der Waals surface area contributed by atoms with Crippen molar-refractivity contribution in [3.63, 3.8) is 0 Å². The van der Waals surface area contributed by atoms with E-state index in [-0.39, 0.29) is 23.5 Å². The maximum Gasteiger partial charge on any atom is 0.255 e. The lowest BCUT2D eigenvalue weighted by molar-refractivity contribution is 0.102. The molecule has 4 nitrogen and oxygen atoms in total. The van der Waals surface area contributed by atoms with Crippen molar-refractivity contribution in [1.82, 2.24) is 5.32 Å². The smallest absolute Gasteiger partial charge is 0.255 e. The van der Waals surface area contributed by atoms with E-state index in [4.69, 9.17) is 4.74 Å². The second kappa shape index (κ2) is 7.46. The molecule has 26 heavy (non-hydrogen) atoms. The second-order valence-corrected chi connectivity index (χ2v) is 7.00. The van der Waals surface area contributed by atoms with Gasteiger partial charge in [0.1, 0.15) is 11.6 Å². The Kier molecular flexibility index (Phi) is 4.89. The van der Waals surface area contributed by atoms with Crippen LogP contribution in [0.5, 0.6) is 5.75 Å². The SMILES string of the molecule is O=C(Nc1ccc2c(c1F)CCNC2)c1cccc(OC2CCCC2)c1. The third-order valence-corrected chi connectivity index (χ3v) is 5.16. The van der Waals surface area contributed by atoms with Crippen LogP contribution in [0.1, 0.15) is 47.2 Å². The van der Waals surface area contributed by atoms with E-state index >= 15 is 0 Å². The summed E-state index contributed by atoms with van der Waals surface area (Å²) >= 11 is 0. The van der Waals surface area contributed by atoms with Gasteiger partial charge in [0.2, 0.25) is 0 Å². The Balaban J connectivity index is 1.49. The van der Waals surface area contributed by atoms with Gasteiger partial charge in [-0.1, -0.05) is 12.1 Å². The van der Waals surface area contributed by atoms with Crippen LogP contribution in [0.4, 0.5) is 10.1 Å². The molecule has 0 aromatic heterocycles. The third kappa shape index (κ3) is 3.58. The van der Waals surface area contributed by atoms with E-state index in [0.29, 0.717) is 29.8 Å². The lowest BCUT2D eigenvalue weighted by Crippen LogP contribution is -2.25. The Morgan fingerprint density at radius 2 is 2.04 bits per heavy atom. The number of benzene rings is 2. The number of amides is 1. The molecule has 1 heterocycles. The number of hydrogen-bond donors (Lipinski definition) is 2. The Bertz CT molecular complexity index is 816. The van der Waals surface area contributed by atoms with Crippen molar-refractivity contribution in [1.29, 1.82) is 0 Å². The highest BCUT2D eigenvalue weighted by molar-refractivity contribution is 6.04. The summed E-state index contributed by atoms with van der Waals surface area (Å²) in [6.07, 6.45) is 5.38. The van der Waals surface area contributed by atoms with Crippen molar-refractivity contribution in [3.05, 3.63) is 58.9 Å². The van der Waals surface area contributed by atoms with Gasteiger partial charge >= 0.3 is 0 Å². The fourth-order valence-corrected chi connectivity index (χ4v) is 3.73. The zero-order chi connectivity index (χ0) is 17.9. The molecule has 136 valence electrons. The quantitative estimate of drug-likeness (QED) is 0.871. The van der Waals surface area contributed by atoms with E-state index < -0.39 is 0 Å². The molecule has 0 saturated heterocycles. The first kappa shape index (κ1) is 17.0. The minimum Gasteiger partial charge on any atom is -0.490 e. The lowest BCUT2D eigenvalue weighted by atomic mass is 9.99. The van der Waals surface area contributed by atoms with Crippen LogP contribution in [0.2, 0.25) is 0 Å². The molecule has 0 spiro atoms. The van der Waals surface area contributed by atoms with Crippen molar-refractivity contribution in [2.24, 2.45) is 0 Å². The van der Waals surface area contributed by atoms with Crippen molar-refractivity contribution in [3.8, 4) is 5.75 Å². The Labute approximate surface area is 152 Å². The molecule has 1 saturated carbocycles. The van der Waals surface area contributed by atoms with E-state index in [0.717, 1.165) is 24.9 Å². The zero-order valence-corrected chi connectivity index (χ0v) is 14.7. The van der Waals surface area contributed by atoms with E-state index in [1.807, 2.05) is 12.1 Å². The standard InChI is InChI=1S/C21H23FN2O2/c22-20-18-10-11-23-13-15(18)8-9-19(20)24-21(25)14-4-3-7-17(12-14)26-16-5-1-2-6-16/h3-4,7-9,12,16,23H,1-2,5-6,10-11,13H2,(H,24,25). The van der Waals surface area contributed by atoms with Crippen molar-refractivity contribution in [2.75, 3.05) is 11.9 Å². The van der Waals surface area contributed by atoms with Crippen LogP contribution in [0.25, 0.3) is 0 Å².